The highest BCUT2D eigenvalue weighted by Gasteiger charge is 2.46. The van der Waals surface area contributed by atoms with Crippen LogP contribution in [0.2, 0.25) is 0 Å². The summed E-state index contributed by atoms with van der Waals surface area (Å²) in [7, 11) is 0. The molecule has 0 bridgehead atoms. The third kappa shape index (κ3) is 2.11. The van der Waals surface area contributed by atoms with Crippen LogP contribution in [0.1, 0.15) is 64.7 Å². The van der Waals surface area contributed by atoms with Crippen LogP contribution >= 0.6 is 0 Å². The van der Waals surface area contributed by atoms with Crippen molar-refractivity contribution in [3.05, 3.63) is 0 Å². The largest absolute Gasteiger partial charge is 0.481 e. The summed E-state index contributed by atoms with van der Waals surface area (Å²) < 4.78 is 0. The van der Waals surface area contributed by atoms with E-state index in [1.807, 2.05) is 0 Å². The van der Waals surface area contributed by atoms with Crippen LogP contribution in [0.5, 0.6) is 0 Å². The molecule has 1 N–H and O–H groups in total. The molecule has 0 aromatic rings. The molecule has 0 saturated heterocycles. The minimum Gasteiger partial charge on any atom is -0.481 e. The van der Waals surface area contributed by atoms with Crippen molar-refractivity contribution in [1.82, 2.24) is 0 Å². The molecule has 0 spiro atoms. The molecule has 2 rings (SSSR count). The Hall–Kier alpha value is -0.530. The van der Waals surface area contributed by atoms with Crippen LogP contribution < -0.4 is 0 Å². The Labute approximate surface area is 98.4 Å². The Balaban J connectivity index is 2.14. The zero-order valence-corrected chi connectivity index (χ0v) is 10.4. The number of hydrogen-bond donors (Lipinski definition) is 1. The molecule has 92 valence electrons. The lowest BCUT2D eigenvalue weighted by Crippen LogP contribution is -2.42. The monoisotopic (exact) mass is 224 g/mol. The quantitative estimate of drug-likeness (QED) is 0.773. The van der Waals surface area contributed by atoms with Crippen molar-refractivity contribution in [2.24, 2.45) is 17.3 Å². The normalized spacial score (nSPS) is 34.6. The van der Waals surface area contributed by atoms with Gasteiger partial charge in [0.05, 0.1) is 5.41 Å². The highest BCUT2D eigenvalue weighted by atomic mass is 16.4. The molecular weight excluding hydrogens is 200 g/mol. The predicted molar refractivity (Wildman–Crippen MR) is 64.3 cm³/mol. The lowest BCUT2D eigenvalue weighted by Gasteiger charge is -2.43. The van der Waals surface area contributed by atoms with Crippen molar-refractivity contribution in [2.75, 3.05) is 0 Å². The lowest BCUT2D eigenvalue weighted by molar-refractivity contribution is -0.157. The molecule has 0 heterocycles. The van der Waals surface area contributed by atoms with Crippen LogP contribution in [0.4, 0.5) is 0 Å². The van der Waals surface area contributed by atoms with Gasteiger partial charge in [0.15, 0.2) is 0 Å². The Morgan fingerprint density at radius 2 is 1.81 bits per heavy atom. The maximum atomic E-state index is 11.7. The summed E-state index contributed by atoms with van der Waals surface area (Å²) in [5.41, 5.74) is -0.354. The van der Waals surface area contributed by atoms with Gasteiger partial charge >= 0.3 is 5.97 Å². The number of aliphatic carboxylic acids is 1. The average Bonchev–Trinajstić information content (AvgIpc) is 2.30. The highest BCUT2D eigenvalue weighted by molar-refractivity contribution is 5.75. The standard InChI is InChI=1S/C14H24O2/c1-11-6-5-7-12(10-11)14(13(15)16)8-3-2-4-9-14/h11-12H,2-10H2,1H3,(H,15,16). The third-order valence-corrected chi connectivity index (χ3v) is 4.89. The van der Waals surface area contributed by atoms with E-state index in [1.165, 1.54) is 19.3 Å². The van der Waals surface area contributed by atoms with Gasteiger partial charge in [-0.25, -0.2) is 0 Å². The van der Waals surface area contributed by atoms with Gasteiger partial charge in [0, 0.05) is 0 Å². The summed E-state index contributed by atoms with van der Waals surface area (Å²) >= 11 is 0. The zero-order chi connectivity index (χ0) is 11.6. The zero-order valence-electron chi connectivity index (χ0n) is 10.4. The second-order valence-electron chi connectivity index (χ2n) is 5.99. The van der Waals surface area contributed by atoms with Crippen LogP contribution in [-0.2, 0) is 4.79 Å². The van der Waals surface area contributed by atoms with Gasteiger partial charge in [0.25, 0.3) is 0 Å². The molecule has 2 atom stereocenters. The maximum Gasteiger partial charge on any atom is 0.309 e. The fourth-order valence-corrected chi connectivity index (χ4v) is 3.92. The van der Waals surface area contributed by atoms with E-state index in [-0.39, 0.29) is 5.41 Å². The number of hydrogen-bond acceptors (Lipinski definition) is 1. The van der Waals surface area contributed by atoms with Crippen LogP contribution in [0, 0.1) is 17.3 Å². The Kier molecular flexibility index (Phi) is 3.56. The molecular formula is C14H24O2. The molecule has 0 radical (unpaired) electrons. The van der Waals surface area contributed by atoms with Crippen LogP contribution in [0.25, 0.3) is 0 Å². The van der Waals surface area contributed by atoms with Gasteiger partial charge in [-0.3, -0.25) is 4.79 Å². The molecule has 2 fully saturated rings. The lowest BCUT2D eigenvalue weighted by atomic mass is 9.60. The first kappa shape index (κ1) is 11.9. The van der Waals surface area contributed by atoms with Crippen molar-refractivity contribution in [2.45, 2.75) is 64.7 Å². The minimum absolute atomic E-state index is 0.354. The van der Waals surface area contributed by atoms with Crippen molar-refractivity contribution in [1.29, 1.82) is 0 Å². The molecule has 2 unspecified atom stereocenters. The summed E-state index contributed by atoms with van der Waals surface area (Å²) in [6.45, 7) is 2.28. The van der Waals surface area contributed by atoms with E-state index in [9.17, 15) is 9.90 Å². The highest BCUT2D eigenvalue weighted by Crippen LogP contribution is 2.49. The van der Waals surface area contributed by atoms with Gasteiger partial charge in [-0.05, 0) is 37.5 Å². The molecule has 0 aromatic carbocycles. The summed E-state index contributed by atoms with van der Waals surface area (Å²) in [5, 5.41) is 9.63. The minimum atomic E-state index is -0.508. The maximum absolute atomic E-state index is 11.7. The van der Waals surface area contributed by atoms with Gasteiger partial charge in [-0.2, -0.15) is 0 Å². The fourth-order valence-electron chi connectivity index (χ4n) is 3.92. The molecule has 2 saturated carbocycles. The van der Waals surface area contributed by atoms with E-state index in [4.69, 9.17) is 0 Å². The van der Waals surface area contributed by atoms with E-state index in [0.29, 0.717) is 5.92 Å². The van der Waals surface area contributed by atoms with E-state index >= 15 is 0 Å². The Bertz CT molecular complexity index is 253. The summed E-state index contributed by atoms with van der Waals surface area (Å²) in [6.07, 6.45) is 10.2. The number of rotatable bonds is 2. The average molecular weight is 224 g/mol. The van der Waals surface area contributed by atoms with Gasteiger partial charge < -0.3 is 5.11 Å². The van der Waals surface area contributed by atoms with Crippen molar-refractivity contribution >= 4 is 5.97 Å². The summed E-state index contributed by atoms with van der Waals surface area (Å²) in [5.74, 6) is 0.678. The smallest absolute Gasteiger partial charge is 0.309 e. The second kappa shape index (κ2) is 4.77. The Morgan fingerprint density at radius 3 is 2.38 bits per heavy atom. The van der Waals surface area contributed by atoms with Gasteiger partial charge in [0.1, 0.15) is 0 Å². The molecule has 2 nitrogen and oxygen atoms in total. The first-order valence-corrected chi connectivity index (χ1v) is 6.88. The molecule has 2 heteroatoms. The summed E-state index contributed by atoms with van der Waals surface area (Å²) in [6, 6.07) is 0. The SMILES string of the molecule is CC1CCCC(C2(C(=O)O)CCCCC2)C1. The van der Waals surface area contributed by atoms with Crippen LogP contribution in [0.3, 0.4) is 0 Å². The molecule has 0 amide bonds. The van der Waals surface area contributed by atoms with E-state index in [1.54, 1.807) is 0 Å². The van der Waals surface area contributed by atoms with Crippen LogP contribution in [-0.4, -0.2) is 11.1 Å². The van der Waals surface area contributed by atoms with Gasteiger partial charge in [0.2, 0.25) is 0 Å². The van der Waals surface area contributed by atoms with Crippen LogP contribution in [0.15, 0.2) is 0 Å². The molecule has 0 aromatic heterocycles. The second-order valence-corrected chi connectivity index (χ2v) is 5.99. The number of carboxylic acid groups (broad SMARTS) is 1. The molecule has 2 aliphatic carbocycles. The fraction of sp³-hybridized carbons (Fsp3) is 0.929. The van der Waals surface area contributed by atoms with E-state index in [0.717, 1.165) is 44.4 Å². The first-order valence-electron chi connectivity index (χ1n) is 6.88. The van der Waals surface area contributed by atoms with Crippen molar-refractivity contribution < 1.29 is 9.90 Å². The predicted octanol–water partition coefficient (Wildman–Crippen LogP) is 3.85. The number of carboxylic acids is 1. The molecule has 16 heavy (non-hydrogen) atoms. The first-order chi connectivity index (χ1) is 7.65. The van der Waals surface area contributed by atoms with E-state index in [2.05, 4.69) is 6.92 Å². The van der Waals surface area contributed by atoms with Crippen molar-refractivity contribution in [3.8, 4) is 0 Å². The number of carbonyl (C=O) groups is 1. The molecule has 2 aliphatic rings. The topological polar surface area (TPSA) is 37.3 Å². The van der Waals surface area contributed by atoms with E-state index < -0.39 is 5.97 Å². The Morgan fingerprint density at radius 1 is 1.12 bits per heavy atom. The van der Waals surface area contributed by atoms with Crippen molar-refractivity contribution in [3.63, 3.8) is 0 Å². The summed E-state index contributed by atoms with van der Waals surface area (Å²) in [4.78, 5) is 11.7. The van der Waals surface area contributed by atoms with Gasteiger partial charge in [-0.1, -0.05) is 39.0 Å². The third-order valence-electron chi connectivity index (χ3n) is 4.89. The molecule has 0 aliphatic heterocycles. The van der Waals surface area contributed by atoms with Gasteiger partial charge in [-0.15, -0.1) is 0 Å².